The number of amides is 2. The van der Waals surface area contributed by atoms with Gasteiger partial charge in [0.15, 0.2) is 0 Å². The normalized spacial score (nSPS) is 14.8. The first-order chi connectivity index (χ1) is 9.63. The maximum atomic E-state index is 12.5. The van der Waals surface area contributed by atoms with Crippen molar-refractivity contribution in [3.8, 4) is 0 Å². The Kier molecular flexibility index (Phi) is 4.61. The highest BCUT2D eigenvalue weighted by molar-refractivity contribution is 5.93. The molecule has 1 aromatic rings. The van der Waals surface area contributed by atoms with Crippen molar-refractivity contribution >= 4 is 17.7 Å². The molecule has 0 spiro atoms. The Morgan fingerprint density at radius 2 is 1.95 bits per heavy atom. The minimum atomic E-state index is -0.825. The zero-order chi connectivity index (χ0) is 14.5. The molecule has 108 valence electrons. The van der Waals surface area contributed by atoms with Crippen LogP contribution in [0.1, 0.15) is 19.8 Å². The fourth-order valence-electron chi connectivity index (χ4n) is 2.22. The minimum absolute atomic E-state index is 0.0952. The van der Waals surface area contributed by atoms with E-state index in [-0.39, 0.29) is 6.03 Å². The van der Waals surface area contributed by atoms with Crippen molar-refractivity contribution in [2.75, 3.05) is 24.5 Å². The van der Waals surface area contributed by atoms with Gasteiger partial charge in [0.05, 0.1) is 5.92 Å². The predicted molar refractivity (Wildman–Crippen MR) is 76.8 cm³/mol. The molecule has 0 aliphatic carbocycles. The summed E-state index contributed by atoms with van der Waals surface area (Å²) in [6.07, 6.45) is 1.94. The number of benzene rings is 1. The van der Waals surface area contributed by atoms with Crippen molar-refractivity contribution in [1.82, 2.24) is 4.90 Å². The number of carbonyl (C=O) groups excluding carboxylic acids is 1. The van der Waals surface area contributed by atoms with Gasteiger partial charge in [-0.15, -0.1) is 0 Å². The average molecular weight is 276 g/mol. The molecule has 1 aromatic carbocycles. The number of hydrogen-bond acceptors (Lipinski definition) is 2. The summed E-state index contributed by atoms with van der Waals surface area (Å²) in [5, 5.41) is 8.88. The van der Waals surface area contributed by atoms with E-state index in [1.54, 1.807) is 9.80 Å². The third kappa shape index (κ3) is 3.10. The fourth-order valence-corrected chi connectivity index (χ4v) is 2.22. The molecule has 2 amide bonds. The highest BCUT2D eigenvalue weighted by Gasteiger charge is 2.37. The number of carbonyl (C=O) groups is 2. The molecule has 1 aliphatic heterocycles. The van der Waals surface area contributed by atoms with Gasteiger partial charge in [0.25, 0.3) is 0 Å². The van der Waals surface area contributed by atoms with E-state index >= 15 is 0 Å². The smallest absolute Gasteiger partial charge is 0.324 e. The van der Waals surface area contributed by atoms with Gasteiger partial charge in [-0.2, -0.15) is 0 Å². The molecule has 1 saturated heterocycles. The third-order valence-electron chi connectivity index (χ3n) is 3.54. The standard InChI is InChI=1S/C15H20N2O3/c1-2-3-9-17(13-7-5-4-6-8-13)15(20)16-10-12(11-16)14(18)19/h4-8,12H,2-3,9-11H2,1H3,(H,18,19). The second-order valence-corrected chi connectivity index (χ2v) is 5.06. The Bertz CT molecular complexity index is 469. The Balaban J connectivity index is 2.04. The summed E-state index contributed by atoms with van der Waals surface area (Å²) in [5.41, 5.74) is 0.865. The molecule has 1 aliphatic rings. The Morgan fingerprint density at radius 3 is 2.50 bits per heavy atom. The molecule has 0 radical (unpaired) electrons. The summed E-state index contributed by atoms with van der Waals surface area (Å²) in [4.78, 5) is 26.6. The van der Waals surface area contributed by atoms with Crippen LogP contribution < -0.4 is 4.90 Å². The maximum Gasteiger partial charge on any atom is 0.324 e. The van der Waals surface area contributed by atoms with E-state index in [0.29, 0.717) is 19.6 Å². The lowest BCUT2D eigenvalue weighted by molar-refractivity contribution is -0.146. The van der Waals surface area contributed by atoms with Gasteiger partial charge in [-0.25, -0.2) is 4.79 Å². The van der Waals surface area contributed by atoms with E-state index in [1.165, 1.54) is 0 Å². The summed E-state index contributed by atoms with van der Waals surface area (Å²) < 4.78 is 0. The SMILES string of the molecule is CCCCN(C(=O)N1CC(C(=O)O)C1)c1ccccc1. The molecule has 0 saturated carbocycles. The number of carboxylic acid groups (broad SMARTS) is 1. The van der Waals surface area contributed by atoms with Crippen LogP contribution in [0.15, 0.2) is 30.3 Å². The van der Waals surface area contributed by atoms with Crippen LogP contribution in [0.5, 0.6) is 0 Å². The van der Waals surface area contributed by atoms with Crippen molar-refractivity contribution in [2.45, 2.75) is 19.8 Å². The van der Waals surface area contributed by atoms with Crippen LogP contribution in [0.3, 0.4) is 0 Å². The molecule has 0 unspecified atom stereocenters. The molecule has 1 N–H and O–H groups in total. The van der Waals surface area contributed by atoms with Gasteiger partial charge in [-0.3, -0.25) is 9.69 Å². The highest BCUT2D eigenvalue weighted by atomic mass is 16.4. The van der Waals surface area contributed by atoms with E-state index in [2.05, 4.69) is 6.92 Å². The van der Waals surface area contributed by atoms with Crippen LogP contribution in [0, 0.1) is 5.92 Å². The summed E-state index contributed by atoms with van der Waals surface area (Å²) >= 11 is 0. The second-order valence-electron chi connectivity index (χ2n) is 5.06. The van der Waals surface area contributed by atoms with Crippen LogP contribution in [-0.4, -0.2) is 41.6 Å². The van der Waals surface area contributed by atoms with Crippen LogP contribution in [0.4, 0.5) is 10.5 Å². The molecule has 2 rings (SSSR count). The van der Waals surface area contributed by atoms with Crippen molar-refractivity contribution in [1.29, 1.82) is 0 Å². The molecular weight excluding hydrogens is 256 g/mol. The summed E-state index contributed by atoms with van der Waals surface area (Å²) in [5.74, 6) is -1.24. The monoisotopic (exact) mass is 276 g/mol. The van der Waals surface area contributed by atoms with Crippen LogP contribution in [0.2, 0.25) is 0 Å². The van der Waals surface area contributed by atoms with Crippen LogP contribution in [-0.2, 0) is 4.79 Å². The van der Waals surface area contributed by atoms with E-state index in [1.807, 2.05) is 30.3 Å². The molecule has 1 fully saturated rings. The topological polar surface area (TPSA) is 60.9 Å². The molecule has 5 heteroatoms. The average Bonchev–Trinajstić information content (AvgIpc) is 2.38. The zero-order valence-electron chi connectivity index (χ0n) is 11.7. The van der Waals surface area contributed by atoms with Crippen molar-refractivity contribution in [3.63, 3.8) is 0 Å². The van der Waals surface area contributed by atoms with E-state index in [9.17, 15) is 9.59 Å². The lowest BCUT2D eigenvalue weighted by atomic mass is 10.0. The number of carboxylic acids is 1. The van der Waals surface area contributed by atoms with Crippen molar-refractivity contribution in [2.24, 2.45) is 5.92 Å². The van der Waals surface area contributed by atoms with Crippen LogP contribution in [0.25, 0.3) is 0 Å². The highest BCUT2D eigenvalue weighted by Crippen LogP contribution is 2.22. The van der Waals surface area contributed by atoms with Gasteiger partial charge in [-0.1, -0.05) is 31.5 Å². The Hall–Kier alpha value is -2.04. The molecule has 5 nitrogen and oxygen atoms in total. The molecular formula is C15H20N2O3. The number of hydrogen-bond donors (Lipinski definition) is 1. The van der Waals surface area contributed by atoms with Gasteiger partial charge in [-0.05, 0) is 18.6 Å². The van der Waals surface area contributed by atoms with Gasteiger partial charge in [0, 0.05) is 25.3 Å². The minimum Gasteiger partial charge on any atom is -0.481 e. The first-order valence-electron chi connectivity index (χ1n) is 6.97. The van der Waals surface area contributed by atoms with Gasteiger partial charge >= 0.3 is 12.0 Å². The van der Waals surface area contributed by atoms with Gasteiger partial charge in [0.1, 0.15) is 0 Å². The van der Waals surface area contributed by atoms with Crippen molar-refractivity contribution in [3.05, 3.63) is 30.3 Å². The first kappa shape index (κ1) is 14.4. The number of likely N-dealkylation sites (tertiary alicyclic amines) is 1. The lowest BCUT2D eigenvalue weighted by Crippen LogP contribution is -2.57. The second kappa shape index (κ2) is 6.41. The molecule has 1 heterocycles. The largest absolute Gasteiger partial charge is 0.481 e. The van der Waals surface area contributed by atoms with Crippen LogP contribution >= 0.6 is 0 Å². The molecule has 0 aromatic heterocycles. The first-order valence-corrected chi connectivity index (χ1v) is 6.97. The number of para-hydroxylation sites is 1. The third-order valence-corrected chi connectivity index (χ3v) is 3.54. The Morgan fingerprint density at radius 1 is 1.30 bits per heavy atom. The maximum absolute atomic E-state index is 12.5. The summed E-state index contributed by atoms with van der Waals surface area (Å²) in [6.45, 7) is 3.36. The summed E-state index contributed by atoms with van der Waals surface area (Å²) in [6, 6.07) is 9.43. The zero-order valence-corrected chi connectivity index (χ0v) is 11.7. The van der Waals surface area contributed by atoms with Gasteiger partial charge < -0.3 is 10.0 Å². The number of nitrogens with zero attached hydrogens (tertiary/aromatic N) is 2. The van der Waals surface area contributed by atoms with E-state index in [0.717, 1.165) is 18.5 Å². The predicted octanol–water partition coefficient (Wildman–Crippen LogP) is 2.43. The Labute approximate surface area is 118 Å². The van der Waals surface area contributed by atoms with E-state index < -0.39 is 11.9 Å². The number of aliphatic carboxylic acids is 1. The van der Waals surface area contributed by atoms with Gasteiger partial charge in [0.2, 0.25) is 0 Å². The fraction of sp³-hybridized carbons (Fsp3) is 0.467. The number of urea groups is 1. The lowest BCUT2D eigenvalue weighted by Gasteiger charge is -2.40. The quantitative estimate of drug-likeness (QED) is 0.898. The van der Waals surface area contributed by atoms with E-state index in [4.69, 9.17) is 5.11 Å². The van der Waals surface area contributed by atoms with Crippen molar-refractivity contribution < 1.29 is 14.7 Å². The number of unbranched alkanes of at least 4 members (excludes halogenated alkanes) is 1. The summed E-state index contributed by atoms with van der Waals surface area (Å²) in [7, 11) is 0. The molecule has 20 heavy (non-hydrogen) atoms. The number of anilines is 1. The molecule has 0 bridgehead atoms. The number of rotatable bonds is 5. The molecule has 0 atom stereocenters.